The summed E-state index contributed by atoms with van der Waals surface area (Å²) in [4.78, 5) is 14.6. The average molecular weight is 399 g/mol. The first kappa shape index (κ1) is 21.9. The summed E-state index contributed by atoms with van der Waals surface area (Å²) in [5.74, 6) is 0. The second kappa shape index (κ2) is 8.91. The minimum Gasteiger partial charge on any atom is -0.267 e. The summed E-state index contributed by atoms with van der Waals surface area (Å²) in [7, 11) is 0. The van der Waals surface area contributed by atoms with Crippen LogP contribution in [-0.2, 0) is 0 Å². The maximum atomic E-state index is 4.97. The number of benzene rings is 2. The molecule has 1 aliphatic rings. The van der Waals surface area contributed by atoms with E-state index in [-0.39, 0.29) is 5.41 Å². The molecule has 0 atom stereocenters. The van der Waals surface area contributed by atoms with Gasteiger partial charge in [-0.15, -0.1) is 0 Å². The molecule has 0 amide bonds. The lowest BCUT2D eigenvalue weighted by atomic mass is 9.80. The van der Waals surface area contributed by atoms with Crippen LogP contribution in [0.15, 0.2) is 75.2 Å². The number of aryl methyl sites for hydroxylation is 2. The third-order valence-electron chi connectivity index (χ3n) is 5.34. The minimum absolute atomic E-state index is 0.0563. The number of hydrogen-bond acceptors (Lipinski definition) is 3. The van der Waals surface area contributed by atoms with Gasteiger partial charge in [-0.2, -0.15) is 0 Å². The van der Waals surface area contributed by atoms with E-state index < -0.39 is 0 Å². The number of rotatable bonds is 4. The van der Waals surface area contributed by atoms with Gasteiger partial charge >= 0.3 is 0 Å². The highest BCUT2D eigenvalue weighted by Crippen LogP contribution is 2.36. The Morgan fingerprint density at radius 2 is 1.23 bits per heavy atom. The maximum Gasteiger partial charge on any atom is 0.133 e. The number of nitrogens with zero attached hydrogens (tertiary/aromatic N) is 3. The fourth-order valence-electron chi connectivity index (χ4n) is 3.24. The van der Waals surface area contributed by atoms with Crippen LogP contribution in [-0.4, -0.2) is 17.1 Å². The Morgan fingerprint density at radius 3 is 1.70 bits per heavy atom. The van der Waals surface area contributed by atoms with Gasteiger partial charge in [-0.05, 0) is 63.5 Å². The molecule has 0 N–H and O–H groups in total. The van der Waals surface area contributed by atoms with Crippen molar-refractivity contribution in [2.45, 2.75) is 54.9 Å². The van der Waals surface area contributed by atoms with Gasteiger partial charge in [-0.3, -0.25) is 15.0 Å². The predicted molar refractivity (Wildman–Crippen MR) is 131 cm³/mol. The molecule has 0 unspecified atom stereocenters. The van der Waals surface area contributed by atoms with Gasteiger partial charge in [0, 0.05) is 12.1 Å². The van der Waals surface area contributed by atoms with Crippen LogP contribution in [0, 0.1) is 25.3 Å². The molecule has 155 valence electrons. The monoisotopic (exact) mass is 398 g/mol. The molecule has 3 heteroatoms. The second-order valence-corrected chi connectivity index (χ2v) is 9.11. The highest BCUT2D eigenvalue weighted by Gasteiger charge is 2.27. The fourth-order valence-corrected chi connectivity index (χ4v) is 3.24. The highest BCUT2D eigenvalue weighted by molar-refractivity contribution is 6.47. The maximum absolute atomic E-state index is 4.97. The van der Waals surface area contributed by atoms with Gasteiger partial charge in [0.2, 0.25) is 0 Å². The van der Waals surface area contributed by atoms with Crippen LogP contribution in [0.1, 0.15) is 52.2 Å². The van der Waals surface area contributed by atoms with E-state index in [0.717, 1.165) is 41.0 Å². The Labute approximate surface area is 181 Å². The largest absolute Gasteiger partial charge is 0.267 e. The molecule has 2 aromatic carbocycles. The van der Waals surface area contributed by atoms with Crippen molar-refractivity contribution in [3.8, 4) is 0 Å². The molecule has 2 aromatic rings. The Morgan fingerprint density at radius 1 is 0.767 bits per heavy atom. The zero-order chi connectivity index (χ0) is 21.9. The van der Waals surface area contributed by atoms with Crippen LogP contribution in [0.3, 0.4) is 0 Å². The molecule has 0 spiro atoms. The van der Waals surface area contributed by atoms with Crippen molar-refractivity contribution in [2.75, 3.05) is 0 Å². The van der Waals surface area contributed by atoms with E-state index in [1.54, 1.807) is 0 Å². The topological polar surface area (TPSA) is 37.1 Å². The summed E-state index contributed by atoms with van der Waals surface area (Å²) >= 11 is 0. The van der Waals surface area contributed by atoms with E-state index in [2.05, 4.69) is 77.1 Å². The zero-order valence-electron chi connectivity index (χ0n) is 19.2. The molecular formula is C27H32N3. The molecule has 3 rings (SSSR count). The van der Waals surface area contributed by atoms with Gasteiger partial charge in [0.25, 0.3) is 0 Å². The van der Waals surface area contributed by atoms with Gasteiger partial charge in [0.1, 0.15) is 6.04 Å². The fraction of sp³-hybridized carbons (Fsp3) is 0.333. The quantitative estimate of drug-likeness (QED) is 0.477. The lowest BCUT2D eigenvalue weighted by Gasteiger charge is -2.29. The van der Waals surface area contributed by atoms with E-state index in [4.69, 9.17) is 15.0 Å². The van der Waals surface area contributed by atoms with Gasteiger partial charge < -0.3 is 0 Å². The van der Waals surface area contributed by atoms with Crippen LogP contribution >= 0.6 is 0 Å². The smallest absolute Gasteiger partial charge is 0.133 e. The Bertz CT molecular complexity index is 1010. The van der Waals surface area contributed by atoms with Crippen LogP contribution < -0.4 is 0 Å². The van der Waals surface area contributed by atoms with Crippen molar-refractivity contribution in [2.24, 2.45) is 20.4 Å². The Balaban J connectivity index is 1.96. The predicted octanol–water partition coefficient (Wildman–Crippen LogP) is 7.54. The minimum atomic E-state index is 0.0563. The first-order valence-electron chi connectivity index (χ1n) is 10.5. The van der Waals surface area contributed by atoms with Gasteiger partial charge in [0.05, 0.1) is 22.8 Å². The molecule has 0 fully saturated rings. The standard InChI is InChI=1S/C27H32N3/c1-18-8-12-23(13-9-18)28-20(3)25-16-22(27(5,6)7)17-26(30-25)21(4)29-24-14-10-19(2)11-15-24/h8-16H,17H2,1-7H3. The van der Waals surface area contributed by atoms with Gasteiger partial charge in [-0.25, -0.2) is 0 Å². The molecule has 1 radical (unpaired) electrons. The lowest BCUT2D eigenvalue weighted by molar-refractivity contribution is 0.486. The summed E-state index contributed by atoms with van der Waals surface area (Å²) in [6, 6.07) is 17.6. The molecule has 0 aliphatic carbocycles. The first-order chi connectivity index (χ1) is 14.1. The van der Waals surface area contributed by atoms with Crippen molar-refractivity contribution in [3.63, 3.8) is 0 Å². The van der Waals surface area contributed by atoms with Gasteiger partial charge in [-0.1, -0.05) is 61.7 Å². The van der Waals surface area contributed by atoms with E-state index in [9.17, 15) is 0 Å². The van der Waals surface area contributed by atoms with Crippen molar-refractivity contribution in [3.05, 3.63) is 77.3 Å². The summed E-state index contributed by atoms with van der Waals surface area (Å²) in [5, 5.41) is 0. The summed E-state index contributed by atoms with van der Waals surface area (Å²) in [5.41, 5.74) is 8.56. The van der Waals surface area contributed by atoms with Crippen molar-refractivity contribution in [1.29, 1.82) is 0 Å². The van der Waals surface area contributed by atoms with Gasteiger partial charge in [0.15, 0.2) is 0 Å². The third kappa shape index (κ3) is 5.63. The molecule has 0 aromatic heterocycles. The highest BCUT2D eigenvalue weighted by atomic mass is 14.9. The molecule has 3 nitrogen and oxygen atoms in total. The second-order valence-electron chi connectivity index (χ2n) is 9.11. The van der Waals surface area contributed by atoms with E-state index in [1.807, 2.05) is 26.0 Å². The number of allylic oxidation sites excluding steroid dienone is 1. The molecule has 0 saturated carbocycles. The van der Waals surface area contributed by atoms with E-state index >= 15 is 0 Å². The van der Waals surface area contributed by atoms with Crippen molar-refractivity contribution in [1.82, 2.24) is 0 Å². The average Bonchev–Trinajstić information content (AvgIpc) is 2.70. The Kier molecular flexibility index (Phi) is 6.50. The molecule has 0 bridgehead atoms. The molecule has 0 saturated heterocycles. The first-order valence-corrected chi connectivity index (χ1v) is 10.5. The van der Waals surface area contributed by atoms with Crippen LogP contribution in [0.25, 0.3) is 0 Å². The lowest BCUT2D eigenvalue weighted by Crippen LogP contribution is -2.24. The molecule has 30 heavy (non-hydrogen) atoms. The number of hydrogen-bond donors (Lipinski definition) is 0. The van der Waals surface area contributed by atoms with E-state index in [1.165, 1.54) is 16.7 Å². The van der Waals surface area contributed by atoms with Crippen LogP contribution in [0.4, 0.5) is 11.4 Å². The molecular weight excluding hydrogens is 366 g/mol. The normalized spacial score (nSPS) is 16.4. The Hall–Kier alpha value is -2.81. The molecule has 1 heterocycles. The number of dihydropyridines is 1. The van der Waals surface area contributed by atoms with E-state index in [0.29, 0.717) is 0 Å². The van der Waals surface area contributed by atoms with Crippen LogP contribution in [0.2, 0.25) is 0 Å². The SMILES string of the molecule is CC(=Nc1ccc(C)cc1)[C]1CC(C(C)(C)C)=CC(C(C)=Nc2ccc(C)cc2)=N1. The molecule has 1 aliphatic heterocycles. The summed E-state index contributed by atoms with van der Waals surface area (Å²) in [6.45, 7) is 15.0. The zero-order valence-corrected chi connectivity index (χ0v) is 19.2. The third-order valence-corrected chi connectivity index (χ3v) is 5.34. The van der Waals surface area contributed by atoms with Crippen molar-refractivity contribution >= 4 is 28.5 Å². The number of aliphatic imine (C=N–C) groups is 3. The van der Waals surface area contributed by atoms with Crippen molar-refractivity contribution < 1.29 is 0 Å². The summed E-state index contributed by atoms with van der Waals surface area (Å²) < 4.78 is 0. The summed E-state index contributed by atoms with van der Waals surface area (Å²) in [6.07, 6.45) is 3.02. The van der Waals surface area contributed by atoms with Crippen LogP contribution in [0.5, 0.6) is 0 Å².